The molecule has 2 bridgehead atoms. The molecule has 5 atom stereocenters. The van der Waals surface area contributed by atoms with E-state index in [-0.39, 0.29) is 29.7 Å². The lowest BCUT2D eigenvalue weighted by atomic mass is 9.84. The number of hydrogen-bond acceptors (Lipinski definition) is 5. The van der Waals surface area contributed by atoms with Gasteiger partial charge in [-0.15, -0.1) is 0 Å². The van der Waals surface area contributed by atoms with E-state index in [0.717, 1.165) is 0 Å². The minimum Gasteiger partial charge on any atom is -0.458 e. The highest BCUT2D eigenvalue weighted by Gasteiger charge is 2.57. The van der Waals surface area contributed by atoms with E-state index in [1.165, 1.54) is 0 Å². The number of carbonyl (C=O) groups excluding carboxylic acids is 2. The molecule has 0 N–H and O–H groups in total. The molecule has 3 aliphatic heterocycles. The van der Waals surface area contributed by atoms with Crippen molar-refractivity contribution >= 4 is 11.9 Å². The Labute approximate surface area is 115 Å². The first-order valence-corrected chi connectivity index (χ1v) is 6.66. The van der Waals surface area contributed by atoms with Crippen LogP contribution in [0, 0.1) is 5.92 Å². The predicted molar refractivity (Wildman–Crippen MR) is 67.5 cm³/mol. The van der Waals surface area contributed by atoms with Crippen molar-refractivity contribution in [1.82, 2.24) is 0 Å². The minimum absolute atomic E-state index is 0.0541. The molecule has 0 aromatic heterocycles. The molecule has 3 heterocycles. The zero-order valence-electron chi connectivity index (χ0n) is 11.0. The van der Waals surface area contributed by atoms with Crippen molar-refractivity contribution in [2.24, 2.45) is 5.92 Å². The summed E-state index contributed by atoms with van der Waals surface area (Å²) >= 11 is 0. The van der Waals surface area contributed by atoms with Gasteiger partial charge in [0.25, 0.3) is 0 Å². The molecule has 5 nitrogen and oxygen atoms in total. The highest BCUT2D eigenvalue weighted by atomic mass is 16.6. The molecule has 4 rings (SSSR count). The van der Waals surface area contributed by atoms with E-state index in [1.807, 2.05) is 13.0 Å². The Bertz CT molecular complexity index is 601. The Morgan fingerprint density at radius 2 is 2.10 bits per heavy atom. The zero-order valence-corrected chi connectivity index (χ0v) is 11.0. The summed E-state index contributed by atoms with van der Waals surface area (Å²) in [6, 6.07) is 0. The molecule has 2 fully saturated rings. The van der Waals surface area contributed by atoms with Gasteiger partial charge in [0.2, 0.25) is 0 Å². The first-order chi connectivity index (χ1) is 9.48. The molecule has 104 valence electrons. The van der Waals surface area contributed by atoms with Gasteiger partial charge in [-0.2, -0.15) is 0 Å². The van der Waals surface area contributed by atoms with Gasteiger partial charge in [0, 0.05) is 12.0 Å². The summed E-state index contributed by atoms with van der Waals surface area (Å²) in [6.45, 7) is 5.78. The molecular formula is C15H14O5. The third kappa shape index (κ3) is 1.53. The summed E-state index contributed by atoms with van der Waals surface area (Å²) in [5.41, 5.74) is 0.529. The van der Waals surface area contributed by atoms with Gasteiger partial charge in [-0.1, -0.05) is 12.7 Å². The van der Waals surface area contributed by atoms with Gasteiger partial charge in [0.15, 0.2) is 0 Å². The number of ether oxygens (including phenoxy) is 3. The SMILES string of the molecule is C=C1C(=O)O[C@H]2C[C@@]3(C)O[C@@H]3/C=C\C3=C[C@@H](OC3=O)[C@H]12. The van der Waals surface area contributed by atoms with Gasteiger partial charge in [-0.05, 0) is 19.1 Å². The standard InChI is InChI=1S/C15H14O5/c1-7-12-9-5-8(14(17)18-9)3-4-11-15(2,20-11)6-10(12)19-13(7)16/h3-5,9-12H,1,6H2,2H3/b4-3-/t9-,10+,11-,12+,15-/m1/s1. The average molecular weight is 274 g/mol. The van der Waals surface area contributed by atoms with Crippen LogP contribution in [0.1, 0.15) is 13.3 Å². The van der Waals surface area contributed by atoms with Crippen molar-refractivity contribution in [2.45, 2.75) is 37.3 Å². The molecule has 4 aliphatic rings. The van der Waals surface area contributed by atoms with Crippen LogP contribution in [0.4, 0.5) is 0 Å². The fourth-order valence-electron chi connectivity index (χ4n) is 3.25. The van der Waals surface area contributed by atoms with Gasteiger partial charge >= 0.3 is 11.9 Å². The van der Waals surface area contributed by atoms with Crippen LogP contribution in [-0.4, -0.2) is 35.9 Å². The van der Waals surface area contributed by atoms with Crippen molar-refractivity contribution < 1.29 is 23.8 Å². The van der Waals surface area contributed by atoms with Crippen molar-refractivity contribution in [3.8, 4) is 0 Å². The Hall–Kier alpha value is -1.88. The summed E-state index contributed by atoms with van der Waals surface area (Å²) < 4.78 is 16.4. The lowest BCUT2D eigenvalue weighted by molar-refractivity contribution is -0.142. The first-order valence-electron chi connectivity index (χ1n) is 6.66. The lowest BCUT2D eigenvalue weighted by Crippen LogP contribution is -2.32. The van der Waals surface area contributed by atoms with Crippen LogP contribution in [0.2, 0.25) is 0 Å². The van der Waals surface area contributed by atoms with E-state index in [1.54, 1.807) is 12.2 Å². The third-order valence-electron chi connectivity index (χ3n) is 4.50. The number of rotatable bonds is 0. The van der Waals surface area contributed by atoms with Gasteiger partial charge in [0.1, 0.15) is 18.3 Å². The largest absolute Gasteiger partial charge is 0.458 e. The monoisotopic (exact) mass is 274 g/mol. The van der Waals surface area contributed by atoms with Crippen LogP contribution in [0.3, 0.4) is 0 Å². The molecule has 1 aliphatic carbocycles. The third-order valence-corrected chi connectivity index (χ3v) is 4.50. The number of fused-ring (bicyclic) bond motifs is 4. The highest BCUT2D eigenvalue weighted by molar-refractivity contribution is 5.95. The van der Waals surface area contributed by atoms with Gasteiger partial charge in [-0.25, -0.2) is 9.59 Å². The van der Waals surface area contributed by atoms with Crippen LogP contribution in [0.25, 0.3) is 0 Å². The molecule has 0 spiro atoms. The average Bonchev–Trinajstić information content (AvgIpc) is 2.74. The molecule has 0 aromatic rings. The Kier molecular flexibility index (Phi) is 2.15. The summed E-state index contributed by atoms with van der Waals surface area (Å²) in [5, 5.41) is 0. The molecule has 0 radical (unpaired) electrons. The fraction of sp³-hybridized carbons (Fsp3) is 0.467. The second kappa shape index (κ2) is 3.61. The molecule has 0 saturated carbocycles. The van der Waals surface area contributed by atoms with E-state index in [9.17, 15) is 9.59 Å². The molecule has 0 amide bonds. The first kappa shape index (κ1) is 11.9. The second-order valence-corrected chi connectivity index (χ2v) is 5.90. The summed E-state index contributed by atoms with van der Waals surface area (Å²) in [7, 11) is 0. The molecule has 20 heavy (non-hydrogen) atoms. The van der Waals surface area contributed by atoms with E-state index in [0.29, 0.717) is 17.6 Å². The zero-order chi connectivity index (χ0) is 14.1. The molecule has 0 unspecified atom stereocenters. The quantitative estimate of drug-likeness (QED) is 0.375. The van der Waals surface area contributed by atoms with Crippen LogP contribution in [0.15, 0.2) is 36.0 Å². The van der Waals surface area contributed by atoms with Crippen molar-refractivity contribution in [2.75, 3.05) is 0 Å². The molecule has 0 aromatic carbocycles. The maximum absolute atomic E-state index is 11.8. The van der Waals surface area contributed by atoms with Gasteiger partial charge < -0.3 is 14.2 Å². The van der Waals surface area contributed by atoms with Gasteiger partial charge in [-0.3, -0.25) is 0 Å². The van der Waals surface area contributed by atoms with Crippen molar-refractivity contribution in [3.05, 3.63) is 36.0 Å². The van der Waals surface area contributed by atoms with E-state index in [2.05, 4.69) is 6.58 Å². The van der Waals surface area contributed by atoms with Crippen LogP contribution in [0.5, 0.6) is 0 Å². The smallest absolute Gasteiger partial charge is 0.338 e. The normalized spacial score (nSPS) is 46.9. The highest BCUT2D eigenvalue weighted by Crippen LogP contribution is 2.47. The van der Waals surface area contributed by atoms with Crippen LogP contribution < -0.4 is 0 Å². The lowest BCUT2D eigenvalue weighted by Gasteiger charge is -2.23. The maximum atomic E-state index is 11.8. The summed E-state index contributed by atoms with van der Waals surface area (Å²) in [6.07, 6.45) is 5.03. The fourth-order valence-corrected chi connectivity index (χ4v) is 3.25. The topological polar surface area (TPSA) is 65.1 Å². The van der Waals surface area contributed by atoms with Crippen LogP contribution in [-0.2, 0) is 23.8 Å². The molecule has 5 heteroatoms. The molecular weight excluding hydrogens is 260 g/mol. The second-order valence-electron chi connectivity index (χ2n) is 5.90. The van der Waals surface area contributed by atoms with E-state index >= 15 is 0 Å². The number of carbonyl (C=O) groups is 2. The Morgan fingerprint density at radius 1 is 1.30 bits per heavy atom. The van der Waals surface area contributed by atoms with Gasteiger partial charge in [0.05, 0.1) is 17.1 Å². The van der Waals surface area contributed by atoms with Crippen LogP contribution >= 0.6 is 0 Å². The van der Waals surface area contributed by atoms with Crippen molar-refractivity contribution in [1.29, 1.82) is 0 Å². The van der Waals surface area contributed by atoms with E-state index in [4.69, 9.17) is 14.2 Å². The minimum atomic E-state index is -0.481. The summed E-state index contributed by atoms with van der Waals surface area (Å²) in [5.74, 6) is -1.11. The number of hydrogen-bond donors (Lipinski definition) is 0. The van der Waals surface area contributed by atoms with Crippen molar-refractivity contribution in [3.63, 3.8) is 0 Å². The maximum Gasteiger partial charge on any atom is 0.338 e. The predicted octanol–water partition coefficient (Wildman–Crippen LogP) is 1.05. The number of esters is 2. The van der Waals surface area contributed by atoms with E-state index < -0.39 is 12.1 Å². The molecule has 2 saturated heterocycles. The Morgan fingerprint density at radius 3 is 2.90 bits per heavy atom. The number of epoxide rings is 1. The Balaban J connectivity index is 1.77. The summed E-state index contributed by atoms with van der Waals surface area (Å²) in [4.78, 5) is 23.6.